The summed E-state index contributed by atoms with van der Waals surface area (Å²) in [4.78, 5) is 38.6. The molecule has 1 N–H and O–H groups in total. The Hall–Kier alpha value is -4.45. The summed E-state index contributed by atoms with van der Waals surface area (Å²) in [6.45, 7) is 1.07. The summed E-state index contributed by atoms with van der Waals surface area (Å²) in [5, 5.41) is 14.0. The summed E-state index contributed by atoms with van der Waals surface area (Å²) >= 11 is 0. The van der Waals surface area contributed by atoms with Crippen molar-refractivity contribution in [1.29, 1.82) is 0 Å². The minimum Gasteiger partial charge on any atom is -0.497 e. The van der Waals surface area contributed by atoms with Crippen LogP contribution in [-0.4, -0.2) is 56.8 Å². The van der Waals surface area contributed by atoms with Gasteiger partial charge in [0.2, 0.25) is 11.8 Å². The largest absolute Gasteiger partial charge is 0.497 e. The van der Waals surface area contributed by atoms with Crippen LogP contribution in [0, 0.1) is 10.1 Å². The number of carbonyl (C=O) groups is 2. The van der Waals surface area contributed by atoms with Gasteiger partial charge >= 0.3 is 0 Å². The highest BCUT2D eigenvalue weighted by Crippen LogP contribution is 2.28. The molecule has 1 atom stereocenters. The Bertz CT molecular complexity index is 1410. The van der Waals surface area contributed by atoms with Gasteiger partial charge in [0, 0.05) is 25.7 Å². The first-order valence-electron chi connectivity index (χ1n) is 12.1. The molecule has 0 aliphatic rings. The van der Waals surface area contributed by atoms with Crippen molar-refractivity contribution in [3.63, 3.8) is 0 Å². The summed E-state index contributed by atoms with van der Waals surface area (Å²) in [5.74, 6) is -0.458. The molecule has 0 aliphatic heterocycles. The van der Waals surface area contributed by atoms with Gasteiger partial charge in [-0.3, -0.25) is 24.0 Å². The number of sulfonamides is 1. The number of ether oxygens (including phenoxy) is 1. The molecule has 206 valence electrons. The normalized spacial score (nSPS) is 11.8. The number of rotatable bonds is 12. The van der Waals surface area contributed by atoms with Crippen LogP contribution in [0.5, 0.6) is 5.75 Å². The van der Waals surface area contributed by atoms with Crippen LogP contribution in [0.4, 0.5) is 11.4 Å². The lowest BCUT2D eigenvalue weighted by atomic mass is 10.1. The molecule has 0 aromatic heterocycles. The molecule has 2 amide bonds. The van der Waals surface area contributed by atoms with Gasteiger partial charge in [0.25, 0.3) is 15.7 Å². The van der Waals surface area contributed by atoms with E-state index in [0.29, 0.717) is 11.3 Å². The lowest BCUT2D eigenvalue weighted by molar-refractivity contribution is -0.384. The van der Waals surface area contributed by atoms with Gasteiger partial charge in [-0.2, -0.15) is 0 Å². The highest BCUT2D eigenvalue weighted by molar-refractivity contribution is 7.92. The molecule has 0 spiro atoms. The van der Waals surface area contributed by atoms with Crippen molar-refractivity contribution < 1.29 is 27.7 Å². The fraction of sp³-hybridized carbons (Fsp3) is 0.259. The van der Waals surface area contributed by atoms with Crippen molar-refractivity contribution in [1.82, 2.24) is 10.2 Å². The third kappa shape index (κ3) is 6.90. The molecular formula is C27H30N4O7S. The van der Waals surface area contributed by atoms with Crippen LogP contribution in [0.1, 0.15) is 18.9 Å². The van der Waals surface area contributed by atoms with Crippen LogP contribution < -0.4 is 14.4 Å². The summed E-state index contributed by atoms with van der Waals surface area (Å²) in [6, 6.07) is 18.5. The minimum atomic E-state index is -4.32. The van der Waals surface area contributed by atoms with Crippen LogP contribution >= 0.6 is 0 Å². The predicted molar refractivity (Wildman–Crippen MR) is 146 cm³/mol. The molecule has 0 heterocycles. The molecular weight excluding hydrogens is 524 g/mol. The molecule has 3 aromatic carbocycles. The van der Waals surface area contributed by atoms with E-state index in [1.54, 1.807) is 37.3 Å². The summed E-state index contributed by atoms with van der Waals surface area (Å²) in [6.07, 6.45) is 0.268. The van der Waals surface area contributed by atoms with Crippen molar-refractivity contribution in [3.8, 4) is 5.75 Å². The van der Waals surface area contributed by atoms with E-state index in [1.807, 2.05) is 0 Å². The maximum absolute atomic E-state index is 13.9. The average molecular weight is 555 g/mol. The first-order valence-corrected chi connectivity index (χ1v) is 13.5. The molecule has 0 aliphatic carbocycles. The van der Waals surface area contributed by atoms with Crippen LogP contribution in [0.2, 0.25) is 0 Å². The number of benzene rings is 3. The number of nitrogens with one attached hydrogen (secondary N) is 1. The Morgan fingerprint density at radius 2 is 1.69 bits per heavy atom. The Labute approximate surface area is 227 Å². The molecule has 0 bridgehead atoms. The topological polar surface area (TPSA) is 139 Å². The molecule has 3 rings (SSSR count). The molecule has 12 heteroatoms. The van der Waals surface area contributed by atoms with Gasteiger partial charge in [-0.05, 0) is 42.3 Å². The van der Waals surface area contributed by atoms with Crippen molar-refractivity contribution in [3.05, 3.63) is 94.5 Å². The summed E-state index contributed by atoms with van der Waals surface area (Å²) < 4.78 is 33.5. The third-order valence-corrected chi connectivity index (χ3v) is 7.87. The van der Waals surface area contributed by atoms with E-state index in [4.69, 9.17) is 4.74 Å². The highest BCUT2D eigenvalue weighted by Gasteiger charge is 2.33. The lowest BCUT2D eigenvalue weighted by Gasteiger charge is -2.33. The number of hydrogen-bond donors (Lipinski definition) is 1. The molecule has 39 heavy (non-hydrogen) atoms. The second kappa shape index (κ2) is 12.9. The molecule has 0 fully saturated rings. The zero-order chi connectivity index (χ0) is 28.6. The monoisotopic (exact) mass is 554 g/mol. The molecule has 3 aromatic rings. The smallest absolute Gasteiger partial charge is 0.271 e. The number of nitro groups is 1. The number of methoxy groups -OCH3 is 1. The van der Waals surface area contributed by atoms with Gasteiger partial charge < -0.3 is 15.0 Å². The van der Waals surface area contributed by atoms with E-state index in [2.05, 4.69) is 5.32 Å². The minimum absolute atomic E-state index is 0.0168. The third-order valence-electron chi connectivity index (χ3n) is 6.08. The van der Waals surface area contributed by atoms with Crippen LogP contribution in [0.3, 0.4) is 0 Å². The molecule has 0 saturated carbocycles. The van der Waals surface area contributed by atoms with Crippen LogP contribution in [0.15, 0.2) is 83.8 Å². The molecule has 0 radical (unpaired) electrons. The quantitative estimate of drug-likeness (QED) is 0.268. The summed E-state index contributed by atoms with van der Waals surface area (Å²) in [7, 11) is -1.34. The first-order chi connectivity index (χ1) is 18.6. The Morgan fingerprint density at radius 1 is 1.03 bits per heavy atom. The van der Waals surface area contributed by atoms with Crippen LogP contribution in [-0.2, 0) is 26.2 Å². The zero-order valence-corrected chi connectivity index (χ0v) is 22.6. The second-order valence-electron chi connectivity index (χ2n) is 8.51. The number of amides is 2. The fourth-order valence-electron chi connectivity index (χ4n) is 4.02. The van der Waals surface area contributed by atoms with Gasteiger partial charge in [0.1, 0.15) is 18.3 Å². The van der Waals surface area contributed by atoms with Gasteiger partial charge in [0.15, 0.2) is 0 Å². The van der Waals surface area contributed by atoms with E-state index >= 15 is 0 Å². The van der Waals surface area contributed by atoms with Crippen molar-refractivity contribution in [2.75, 3.05) is 25.0 Å². The average Bonchev–Trinajstić information content (AvgIpc) is 2.96. The van der Waals surface area contributed by atoms with E-state index in [1.165, 1.54) is 61.5 Å². The van der Waals surface area contributed by atoms with Crippen LogP contribution in [0.25, 0.3) is 0 Å². The van der Waals surface area contributed by atoms with E-state index in [0.717, 1.165) is 10.4 Å². The highest BCUT2D eigenvalue weighted by atomic mass is 32.2. The standard InChI is InChI=1S/C27H30N4O7S/c1-4-25(27(33)28-2)29(18-20-13-15-23(38-3)16-14-20)26(32)19-30(21-9-8-10-22(17-21)31(34)35)39(36,37)24-11-6-5-7-12-24/h5-17,25H,4,18-19H2,1-3H3,(H,28,33). The molecule has 11 nitrogen and oxygen atoms in total. The maximum atomic E-state index is 13.9. The number of anilines is 1. The molecule has 1 unspecified atom stereocenters. The number of carbonyl (C=O) groups excluding carboxylic acids is 2. The SMILES string of the molecule is CCC(C(=O)NC)N(Cc1ccc(OC)cc1)C(=O)CN(c1cccc([N+](=O)[O-])c1)S(=O)(=O)c1ccccc1. The number of hydrogen-bond acceptors (Lipinski definition) is 7. The van der Waals surface area contributed by atoms with Gasteiger partial charge in [0.05, 0.1) is 22.6 Å². The van der Waals surface area contributed by atoms with Gasteiger partial charge in [-0.1, -0.05) is 43.3 Å². The van der Waals surface area contributed by atoms with Gasteiger partial charge in [-0.15, -0.1) is 0 Å². The van der Waals surface area contributed by atoms with E-state index in [9.17, 15) is 28.1 Å². The summed E-state index contributed by atoms with van der Waals surface area (Å²) in [5.41, 5.74) is 0.304. The van der Waals surface area contributed by atoms with Crippen molar-refractivity contribution >= 4 is 33.2 Å². The number of non-ortho nitro benzene ring substituents is 1. The maximum Gasteiger partial charge on any atom is 0.271 e. The van der Waals surface area contributed by atoms with Crippen molar-refractivity contribution in [2.45, 2.75) is 30.8 Å². The van der Waals surface area contributed by atoms with Gasteiger partial charge in [-0.25, -0.2) is 8.42 Å². The number of nitro benzene ring substituents is 1. The first kappa shape index (κ1) is 29.1. The van der Waals surface area contributed by atoms with Crippen molar-refractivity contribution in [2.24, 2.45) is 0 Å². The Balaban J connectivity index is 2.08. The Kier molecular flexibility index (Phi) is 9.61. The lowest BCUT2D eigenvalue weighted by Crippen LogP contribution is -2.51. The Morgan fingerprint density at radius 3 is 2.26 bits per heavy atom. The second-order valence-corrected chi connectivity index (χ2v) is 10.4. The molecule has 0 saturated heterocycles. The van der Waals surface area contributed by atoms with E-state index < -0.39 is 39.3 Å². The zero-order valence-electron chi connectivity index (χ0n) is 21.8. The fourth-order valence-corrected chi connectivity index (χ4v) is 5.45. The predicted octanol–water partition coefficient (Wildman–Crippen LogP) is 3.35. The van der Waals surface area contributed by atoms with E-state index in [-0.39, 0.29) is 29.2 Å². The number of nitrogens with zero attached hydrogens (tertiary/aromatic N) is 3. The number of likely N-dealkylation sites (N-methyl/N-ethyl adjacent to an activating group) is 1.